The third-order valence-electron chi connectivity index (χ3n) is 5.00. The Morgan fingerprint density at radius 1 is 0.696 bits per heavy atom. The molecule has 0 aliphatic carbocycles. The zero-order valence-corrected chi connectivity index (χ0v) is 12.3. The van der Waals surface area contributed by atoms with Gasteiger partial charge in [0, 0.05) is 39.5 Å². The standard InChI is InChI=1S/C21H12N2/c1-2-4-14-10-16-15(9-13(14)3-1)17-11-23-18-6-5-12-7-8-22-21(16)19(12)20(17)18/h1-11,23H. The minimum absolute atomic E-state index is 1.10. The van der Waals surface area contributed by atoms with Gasteiger partial charge in [-0.05, 0) is 45.8 Å². The van der Waals surface area contributed by atoms with E-state index in [0.717, 1.165) is 5.52 Å². The molecule has 0 fully saturated rings. The molecule has 0 bridgehead atoms. The second kappa shape index (κ2) is 3.79. The van der Waals surface area contributed by atoms with Crippen LogP contribution in [0.2, 0.25) is 0 Å². The molecular weight excluding hydrogens is 280 g/mol. The first kappa shape index (κ1) is 11.4. The van der Waals surface area contributed by atoms with Crippen LogP contribution >= 0.6 is 0 Å². The van der Waals surface area contributed by atoms with E-state index in [9.17, 15) is 0 Å². The van der Waals surface area contributed by atoms with Gasteiger partial charge < -0.3 is 4.98 Å². The number of rotatable bonds is 0. The SMILES string of the molecule is c1ccc2cc3c(cc2c1)c1c[nH]c2ccc4ccnc3c4c21. The number of benzene rings is 4. The van der Waals surface area contributed by atoms with Crippen molar-refractivity contribution in [2.75, 3.05) is 0 Å². The van der Waals surface area contributed by atoms with Crippen molar-refractivity contribution in [1.29, 1.82) is 0 Å². The van der Waals surface area contributed by atoms with Crippen molar-refractivity contribution in [3.63, 3.8) is 0 Å². The van der Waals surface area contributed by atoms with E-state index < -0.39 is 0 Å². The molecule has 2 nitrogen and oxygen atoms in total. The van der Waals surface area contributed by atoms with Gasteiger partial charge in [-0.3, -0.25) is 4.98 Å². The average Bonchev–Trinajstić information content (AvgIpc) is 3.04. The topological polar surface area (TPSA) is 28.7 Å². The average molecular weight is 292 g/mol. The summed E-state index contributed by atoms with van der Waals surface area (Å²) in [6, 6.07) is 19.5. The van der Waals surface area contributed by atoms with Gasteiger partial charge in [-0.15, -0.1) is 0 Å². The highest BCUT2D eigenvalue weighted by Crippen LogP contribution is 2.40. The number of hydrogen-bond donors (Lipinski definition) is 1. The van der Waals surface area contributed by atoms with Gasteiger partial charge >= 0.3 is 0 Å². The lowest BCUT2D eigenvalue weighted by molar-refractivity contribution is 1.44. The molecule has 0 saturated heterocycles. The third kappa shape index (κ3) is 1.32. The van der Waals surface area contributed by atoms with Crippen LogP contribution < -0.4 is 0 Å². The maximum Gasteiger partial charge on any atom is 0.0793 e. The predicted molar refractivity (Wildman–Crippen MR) is 97.3 cm³/mol. The summed E-state index contributed by atoms with van der Waals surface area (Å²) in [5, 5.41) is 10.1. The molecule has 0 unspecified atom stereocenters. The predicted octanol–water partition coefficient (Wildman–Crippen LogP) is 5.61. The van der Waals surface area contributed by atoms with Crippen LogP contribution in [0.15, 0.2) is 67.0 Å². The molecule has 1 N–H and O–H groups in total. The third-order valence-corrected chi connectivity index (χ3v) is 5.00. The molecule has 2 heterocycles. The molecule has 0 atom stereocenters. The van der Waals surface area contributed by atoms with Gasteiger partial charge in [-0.25, -0.2) is 0 Å². The summed E-state index contributed by atoms with van der Waals surface area (Å²) < 4.78 is 0. The Kier molecular flexibility index (Phi) is 1.89. The normalized spacial score (nSPS) is 12.3. The van der Waals surface area contributed by atoms with Crippen LogP contribution in [0.3, 0.4) is 0 Å². The first-order valence-electron chi connectivity index (χ1n) is 7.82. The van der Waals surface area contributed by atoms with Crippen LogP contribution in [0.4, 0.5) is 0 Å². The zero-order chi connectivity index (χ0) is 15.0. The van der Waals surface area contributed by atoms with E-state index in [1.165, 1.54) is 48.6 Å². The Balaban J connectivity index is 2.05. The maximum atomic E-state index is 4.73. The van der Waals surface area contributed by atoms with Crippen LogP contribution in [0, 0.1) is 0 Å². The van der Waals surface area contributed by atoms with Crippen molar-refractivity contribution in [2.45, 2.75) is 0 Å². The monoisotopic (exact) mass is 292 g/mol. The summed E-state index contributed by atoms with van der Waals surface area (Å²) in [6.45, 7) is 0. The van der Waals surface area contributed by atoms with Gasteiger partial charge in [0.2, 0.25) is 0 Å². The Labute approximate surface area is 131 Å². The second-order valence-electron chi connectivity index (χ2n) is 6.19. The highest BCUT2D eigenvalue weighted by Gasteiger charge is 2.15. The molecule has 4 aromatic carbocycles. The number of aromatic amines is 1. The fraction of sp³-hybridized carbons (Fsp3) is 0. The molecule has 106 valence electrons. The summed E-state index contributed by atoms with van der Waals surface area (Å²) in [7, 11) is 0. The molecule has 23 heavy (non-hydrogen) atoms. The van der Waals surface area contributed by atoms with Crippen LogP contribution in [-0.4, -0.2) is 9.97 Å². The van der Waals surface area contributed by atoms with E-state index in [-0.39, 0.29) is 0 Å². The Bertz CT molecular complexity index is 1360. The minimum Gasteiger partial charge on any atom is -0.361 e. The first-order valence-corrected chi connectivity index (χ1v) is 7.82. The van der Waals surface area contributed by atoms with E-state index in [4.69, 9.17) is 4.98 Å². The lowest BCUT2D eigenvalue weighted by Gasteiger charge is -2.10. The van der Waals surface area contributed by atoms with Gasteiger partial charge in [-0.2, -0.15) is 0 Å². The molecule has 2 heteroatoms. The highest BCUT2D eigenvalue weighted by atomic mass is 14.7. The van der Waals surface area contributed by atoms with E-state index >= 15 is 0 Å². The molecule has 0 saturated carbocycles. The van der Waals surface area contributed by atoms with Gasteiger partial charge in [0.05, 0.1) is 5.52 Å². The van der Waals surface area contributed by atoms with E-state index in [2.05, 4.69) is 65.8 Å². The minimum atomic E-state index is 1.10. The largest absolute Gasteiger partial charge is 0.361 e. The van der Waals surface area contributed by atoms with Gasteiger partial charge in [0.1, 0.15) is 0 Å². The molecule has 0 radical (unpaired) electrons. The summed E-state index contributed by atoms with van der Waals surface area (Å²) >= 11 is 0. The number of nitrogens with zero attached hydrogens (tertiary/aromatic N) is 1. The van der Waals surface area contributed by atoms with Crippen LogP contribution in [0.1, 0.15) is 0 Å². The quantitative estimate of drug-likeness (QED) is 0.286. The smallest absolute Gasteiger partial charge is 0.0793 e. The molecule has 6 aromatic rings. The van der Waals surface area contributed by atoms with Crippen LogP contribution in [0.25, 0.3) is 54.1 Å². The zero-order valence-electron chi connectivity index (χ0n) is 12.3. The summed E-state index contributed by atoms with van der Waals surface area (Å²) in [5.74, 6) is 0. The van der Waals surface area contributed by atoms with Gasteiger partial charge in [-0.1, -0.05) is 30.3 Å². The van der Waals surface area contributed by atoms with Crippen LogP contribution in [-0.2, 0) is 0 Å². The number of aromatic nitrogens is 2. The van der Waals surface area contributed by atoms with Crippen molar-refractivity contribution in [3.05, 3.63) is 67.0 Å². The van der Waals surface area contributed by atoms with Crippen molar-refractivity contribution in [2.24, 2.45) is 0 Å². The lowest BCUT2D eigenvalue weighted by atomic mass is 9.94. The number of pyridine rings is 1. The second-order valence-corrected chi connectivity index (χ2v) is 6.19. The van der Waals surface area contributed by atoms with Crippen LogP contribution in [0.5, 0.6) is 0 Å². The molecule has 2 aromatic heterocycles. The number of fused-ring (bicyclic) bond motifs is 4. The summed E-state index contributed by atoms with van der Waals surface area (Å²) in [4.78, 5) is 8.16. The molecule has 6 rings (SSSR count). The van der Waals surface area contributed by atoms with Crippen molar-refractivity contribution in [3.8, 4) is 0 Å². The number of nitrogens with one attached hydrogen (secondary N) is 1. The van der Waals surface area contributed by atoms with Crippen molar-refractivity contribution >= 4 is 54.1 Å². The summed E-state index contributed by atoms with van der Waals surface area (Å²) in [6.07, 6.45) is 4.05. The maximum absolute atomic E-state index is 4.73. The Morgan fingerprint density at radius 3 is 2.39 bits per heavy atom. The number of hydrogen-bond acceptors (Lipinski definition) is 1. The molecule has 0 aliphatic rings. The molecule has 0 amide bonds. The van der Waals surface area contributed by atoms with Crippen molar-refractivity contribution in [1.82, 2.24) is 9.97 Å². The van der Waals surface area contributed by atoms with Gasteiger partial charge in [0.25, 0.3) is 0 Å². The molecular formula is C21H12N2. The lowest BCUT2D eigenvalue weighted by Crippen LogP contribution is -1.87. The molecule has 0 aliphatic heterocycles. The van der Waals surface area contributed by atoms with E-state index in [0.29, 0.717) is 0 Å². The fourth-order valence-corrected chi connectivity index (χ4v) is 3.97. The first-order chi connectivity index (χ1) is 11.4. The van der Waals surface area contributed by atoms with E-state index in [1.807, 2.05) is 6.20 Å². The Morgan fingerprint density at radius 2 is 1.52 bits per heavy atom. The van der Waals surface area contributed by atoms with E-state index in [1.54, 1.807) is 0 Å². The fourth-order valence-electron chi connectivity index (χ4n) is 3.97. The van der Waals surface area contributed by atoms with Crippen molar-refractivity contribution < 1.29 is 0 Å². The van der Waals surface area contributed by atoms with Gasteiger partial charge in [0.15, 0.2) is 0 Å². The number of H-pyrrole nitrogens is 1. The highest BCUT2D eigenvalue weighted by molar-refractivity contribution is 6.33. The molecule has 0 spiro atoms. The summed E-state index contributed by atoms with van der Waals surface area (Å²) in [5.41, 5.74) is 2.28. The Hall–Kier alpha value is -3.13.